The standard InChI is InChI=1S/C23H36N4O3.HI/c1-24-23(26-15-19-7-10-25-22(14-19)30-16-18-5-6-18)27-11-8-20(9-12-27)29-17-21-4-2-3-13-28-21;/h7,10,14,18,20-21H,2-6,8-9,11-13,15-17H2,1H3,(H,24,26);1H. The average molecular weight is 544 g/mol. The van der Waals surface area contributed by atoms with Crippen molar-refractivity contribution in [1.82, 2.24) is 15.2 Å². The summed E-state index contributed by atoms with van der Waals surface area (Å²) in [6.07, 6.45) is 10.7. The second-order valence-corrected chi connectivity index (χ2v) is 8.67. The summed E-state index contributed by atoms with van der Waals surface area (Å²) in [6.45, 7) is 5.05. The van der Waals surface area contributed by atoms with Gasteiger partial charge >= 0.3 is 0 Å². The van der Waals surface area contributed by atoms with Crippen LogP contribution in [0.2, 0.25) is 0 Å². The summed E-state index contributed by atoms with van der Waals surface area (Å²) in [7, 11) is 1.85. The average Bonchev–Trinajstić information content (AvgIpc) is 3.63. The number of hydrogen-bond acceptors (Lipinski definition) is 5. The largest absolute Gasteiger partial charge is 0.477 e. The van der Waals surface area contributed by atoms with Crippen LogP contribution in [0.15, 0.2) is 23.3 Å². The fourth-order valence-corrected chi connectivity index (χ4v) is 4.06. The van der Waals surface area contributed by atoms with Gasteiger partial charge in [-0.2, -0.15) is 0 Å². The van der Waals surface area contributed by atoms with Crippen molar-refractivity contribution in [3.8, 4) is 5.88 Å². The molecular weight excluding hydrogens is 507 g/mol. The number of nitrogens with zero attached hydrogens (tertiary/aromatic N) is 3. The fourth-order valence-electron chi connectivity index (χ4n) is 4.06. The van der Waals surface area contributed by atoms with E-state index in [0.717, 1.165) is 75.5 Å². The van der Waals surface area contributed by atoms with E-state index in [9.17, 15) is 0 Å². The number of pyridine rings is 1. The first-order valence-corrected chi connectivity index (χ1v) is 11.6. The molecule has 7 nitrogen and oxygen atoms in total. The first-order valence-electron chi connectivity index (χ1n) is 11.6. The van der Waals surface area contributed by atoms with E-state index in [2.05, 4.69) is 20.2 Å². The van der Waals surface area contributed by atoms with E-state index in [0.29, 0.717) is 18.8 Å². The molecule has 0 bridgehead atoms. The lowest BCUT2D eigenvalue weighted by Crippen LogP contribution is -2.47. The van der Waals surface area contributed by atoms with Crippen LogP contribution in [-0.2, 0) is 16.0 Å². The van der Waals surface area contributed by atoms with Crippen LogP contribution in [0.1, 0.15) is 50.5 Å². The van der Waals surface area contributed by atoms with Crippen molar-refractivity contribution in [2.24, 2.45) is 10.9 Å². The van der Waals surface area contributed by atoms with Crippen LogP contribution in [0.4, 0.5) is 0 Å². The van der Waals surface area contributed by atoms with Crippen LogP contribution in [0.5, 0.6) is 5.88 Å². The van der Waals surface area contributed by atoms with Gasteiger partial charge in [0.2, 0.25) is 5.88 Å². The van der Waals surface area contributed by atoms with Crippen LogP contribution < -0.4 is 10.1 Å². The van der Waals surface area contributed by atoms with Crippen molar-refractivity contribution in [2.45, 2.75) is 63.7 Å². The molecule has 3 heterocycles. The van der Waals surface area contributed by atoms with Gasteiger partial charge in [-0.05, 0) is 62.5 Å². The van der Waals surface area contributed by atoms with Gasteiger partial charge in [0, 0.05) is 45.6 Å². The molecule has 0 radical (unpaired) electrons. The summed E-state index contributed by atoms with van der Waals surface area (Å²) in [5, 5.41) is 3.49. The van der Waals surface area contributed by atoms with Gasteiger partial charge in [-0.3, -0.25) is 4.99 Å². The quantitative estimate of drug-likeness (QED) is 0.307. The minimum atomic E-state index is 0. The van der Waals surface area contributed by atoms with Crippen LogP contribution in [0, 0.1) is 5.92 Å². The van der Waals surface area contributed by atoms with E-state index >= 15 is 0 Å². The number of halogens is 1. The molecule has 31 heavy (non-hydrogen) atoms. The monoisotopic (exact) mass is 544 g/mol. The number of guanidine groups is 1. The van der Waals surface area contributed by atoms with Gasteiger partial charge in [0.15, 0.2) is 5.96 Å². The molecule has 1 aromatic rings. The van der Waals surface area contributed by atoms with Crippen LogP contribution in [-0.4, -0.2) is 68.0 Å². The minimum Gasteiger partial charge on any atom is -0.477 e. The van der Waals surface area contributed by atoms with E-state index in [1.807, 2.05) is 25.4 Å². The SMILES string of the molecule is CN=C(NCc1ccnc(OCC2CC2)c1)N1CCC(OCC2CCCCO2)CC1.I. The summed E-state index contributed by atoms with van der Waals surface area (Å²) in [5.41, 5.74) is 1.16. The lowest BCUT2D eigenvalue weighted by atomic mass is 10.1. The van der Waals surface area contributed by atoms with Crippen molar-refractivity contribution >= 4 is 29.9 Å². The third-order valence-electron chi connectivity index (χ3n) is 6.16. The highest BCUT2D eigenvalue weighted by molar-refractivity contribution is 14.0. The number of likely N-dealkylation sites (tertiary alicyclic amines) is 1. The number of aromatic nitrogens is 1. The Bertz CT molecular complexity index is 687. The van der Waals surface area contributed by atoms with E-state index < -0.39 is 0 Å². The van der Waals surface area contributed by atoms with Crippen molar-refractivity contribution in [3.05, 3.63) is 23.9 Å². The molecule has 2 aliphatic heterocycles. The van der Waals surface area contributed by atoms with Gasteiger partial charge in [0.1, 0.15) is 0 Å². The maximum Gasteiger partial charge on any atom is 0.213 e. The van der Waals surface area contributed by atoms with Gasteiger partial charge < -0.3 is 24.4 Å². The lowest BCUT2D eigenvalue weighted by Gasteiger charge is -2.35. The highest BCUT2D eigenvalue weighted by Gasteiger charge is 2.24. The Balaban J connectivity index is 0.00000272. The van der Waals surface area contributed by atoms with E-state index in [1.54, 1.807) is 0 Å². The summed E-state index contributed by atoms with van der Waals surface area (Å²) in [6, 6.07) is 4.05. The second-order valence-electron chi connectivity index (χ2n) is 8.67. The maximum absolute atomic E-state index is 6.14. The Morgan fingerprint density at radius 1 is 1.19 bits per heavy atom. The molecule has 1 N–H and O–H groups in total. The van der Waals surface area contributed by atoms with Crippen molar-refractivity contribution < 1.29 is 14.2 Å². The molecule has 3 fully saturated rings. The molecule has 0 amide bonds. The smallest absolute Gasteiger partial charge is 0.213 e. The highest BCUT2D eigenvalue weighted by Crippen LogP contribution is 2.29. The van der Waals surface area contributed by atoms with Crippen molar-refractivity contribution in [1.29, 1.82) is 0 Å². The summed E-state index contributed by atoms with van der Waals surface area (Å²) >= 11 is 0. The molecule has 2 saturated heterocycles. The van der Waals surface area contributed by atoms with Gasteiger partial charge in [0.25, 0.3) is 0 Å². The number of aliphatic imine (C=N–C) groups is 1. The van der Waals surface area contributed by atoms with E-state index in [1.165, 1.54) is 25.7 Å². The molecule has 0 spiro atoms. The third kappa shape index (κ3) is 8.05. The predicted molar refractivity (Wildman–Crippen MR) is 132 cm³/mol. The van der Waals surface area contributed by atoms with Gasteiger partial charge in [-0.15, -0.1) is 24.0 Å². The molecule has 0 aromatic carbocycles. The predicted octanol–water partition coefficient (Wildman–Crippen LogP) is 3.61. The second kappa shape index (κ2) is 12.8. The summed E-state index contributed by atoms with van der Waals surface area (Å²) in [4.78, 5) is 11.1. The van der Waals surface area contributed by atoms with Gasteiger partial charge in [-0.25, -0.2) is 4.98 Å². The Labute approximate surface area is 203 Å². The first-order chi connectivity index (χ1) is 14.8. The summed E-state index contributed by atoms with van der Waals surface area (Å²) < 4.78 is 17.7. The molecule has 1 aromatic heterocycles. The van der Waals surface area contributed by atoms with Crippen LogP contribution in [0.25, 0.3) is 0 Å². The fraction of sp³-hybridized carbons (Fsp3) is 0.739. The zero-order chi connectivity index (χ0) is 20.6. The Hall–Kier alpha value is -1.13. The number of rotatable bonds is 8. The van der Waals surface area contributed by atoms with Gasteiger partial charge in [-0.1, -0.05) is 0 Å². The molecule has 174 valence electrons. The Morgan fingerprint density at radius 3 is 2.74 bits per heavy atom. The third-order valence-corrected chi connectivity index (χ3v) is 6.16. The van der Waals surface area contributed by atoms with E-state index in [4.69, 9.17) is 14.2 Å². The number of hydrogen-bond donors (Lipinski definition) is 1. The highest BCUT2D eigenvalue weighted by atomic mass is 127. The van der Waals surface area contributed by atoms with Crippen molar-refractivity contribution in [2.75, 3.05) is 40.0 Å². The number of piperidine rings is 1. The zero-order valence-corrected chi connectivity index (χ0v) is 21.0. The molecule has 1 aliphatic carbocycles. The van der Waals surface area contributed by atoms with E-state index in [-0.39, 0.29) is 24.0 Å². The number of ether oxygens (including phenoxy) is 3. The molecule has 8 heteroatoms. The minimum absolute atomic E-state index is 0. The Morgan fingerprint density at radius 2 is 2.03 bits per heavy atom. The molecule has 1 atom stereocenters. The lowest BCUT2D eigenvalue weighted by molar-refractivity contribution is -0.0721. The molecular formula is C23H37IN4O3. The zero-order valence-electron chi connectivity index (χ0n) is 18.6. The van der Waals surface area contributed by atoms with Gasteiger partial charge in [0.05, 0.1) is 25.4 Å². The molecule has 1 unspecified atom stereocenters. The maximum atomic E-state index is 6.14. The first kappa shape index (κ1) is 24.5. The molecule has 1 saturated carbocycles. The number of nitrogens with one attached hydrogen (secondary N) is 1. The topological polar surface area (TPSA) is 68.2 Å². The van der Waals surface area contributed by atoms with Crippen LogP contribution in [0.3, 0.4) is 0 Å². The Kier molecular flexibility index (Phi) is 10.1. The van der Waals surface area contributed by atoms with Crippen molar-refractivity contribution in [3.63, 3.8) is 0 Å². The molecule has 3 aliphatic rings. The molecule has 4 rings (SSSR count). The van der Waals surface area contributed by atoms with Crippen LogP contribution >= 0.6 is 24.0 Å². The summed E-state index contributed by atoms with van der Waals surface area (Å²) in [5.74, 6) is 2.40. The normalized spacial score (nSPS) is 22.7.